The standard InChI is InChI=1S/C29H30Cl2N6O3/c1-16(26-22(30)12-32-13-23(26)31)39-20-6-7-24-21(10-20)27(35-34-24)17-5-8-25(33-11-17)36-14-18-9-19(15-36)37(18)28(38)40-29(2,3)4/h5-8,10-13,16,18-19H,9,14-15H2,1-4H3,(H,34,35)/t16-,18?,19?/m1/s1. The highest BCUT2D eigenvalue weighted by atomic mass is 35.5. The number of piperazine rings is 1. The van der Waals surface area contributed by atoms with Crippen LogP contribution in [0.25, 0.3) is 22.2 Å². The maximum atomic E-state index is 12.6. The molecule has 11 heteroatoms. The lowest BCUT2D eigenvalue weighted by molar-refractivity contribution is -0.0380. The molecule has 0 saturated carbocycles. The highest BCUT2D eigenvalue weighted by molar-refractivity contribution is 6.35. The number of benzene rings is 1. The smallest absolute Gasteiger partial charge is 0.410 e. The molecule has 208 valence electrons. The molecule has 0 radical (unpaired) electrons. The lowest BCUT2D eigenvalue weighted by atomic mass is 9.88. The first-order chi connectivity index (χ1) is 19.1. The van der Waals surface area contributed by atoms with Gasteiger partial charge in [0.25, 0.3) is 0 Å². The molecule has 4 aromatic rings. The number of H-pyrrole nitrogens is 1. The van der Waals surface area contributed by atoms with Gasteiger partial charge in [0, 0.05) is 48.2 Å². The fourth-order valence-corrected chi connectivity index (χ4v) is 6.15. The summed E-state index contributed by atoms with van der Waals surface area (Å²) in [5.74, 6) is 1.55. The number of ether oxygens (including phenoxy) is 2. The number of fused-ring (bicyclic) bond motifs is 3. The molecule has 1 aromatic carbocycles. The maximum Gasteiger partial charge on any atom is 0.410 e. The van der Waals surface area contributed by atoms with Gasteiger partial charge in [-0.1, -0.05) is 23.2 Å². The van der Waals surface area contributed by atoms with E-state index in [0.717, 1.165) is 47.5 Å². The van der Waals surface area contributed by atoms with Gasteiger partial charge in [0.15, 0.2) is 0 Å². The number of hydrogen-bond acceptors (Lipinski definition) is 7. The van der Waals surface area contributed by atoms with Crippen LogP contribution in [-0.4, -0.2) is 61.9 Å². The topological polar surface area (TPSA) is 96.5 Å². The van der Waals surface area contributed by atoms with Crippen molar-refractivity contribution in [3.05, 3.63) is 64.5 Å². The summed E-state index contributed by atoms with van der Waals surface area (Å²) in [6.07, 6.45) is 5.34. The van der Waals surface area contributed by atoms with Crippen LogP contribution in [0.2, 0.25) is 10.0 Å². The maximum absolute atomic E-state index is 12.6. The summed E-state index contributed by atoms with van der Waals surface area (Å²) in [4.78, 5) is 25.5. The minimum Gasteiger partial charge on any atom is -0.486 e. The molecule has 40 heavy (non-hydrogen) atoms. The molecule has 3 aliphatic rings. The van der Waals surface area contributed by atoms with E-state index in [4.69, 9.17) is 37.7 Å². The monoisotopic (exact) mass is 580 g/mol. The molecule has 9 nitrogen and oxygen atoms in total. The van der Waals surface area contributed by atoms with Gasteiger partial charge in [0.05, 0.1) is 27.6 Å². The van der Waals surface area contributed by atoms with Gasteiger partial charge < -0.3 is 14.4 Å². The van der Waals surface area contributed by atoms with E-state index in [0.29, 0.717) is 21.4 Å². The lowest BCUT2D eigenvalue weighted by Crippen LogP contribution is -2.70. The Morgan fingerprint density at radius 2 is 1.80 bits per heavy atom. The zero-order valence-electron chi connectivity index (χ0n) is 22.7. The molecular formula is C29H30Cl2N6O3. The Morgan fingerprint density at radius 3 is 2.45 bits per heavy atom. The Bertz CT molecular complexity index is 1540. The molecule has 7 rings (SSSR count). The van der Waals surface area contributed by atoms with E-state index < -0.39 is 5.60 Å². The molecule has 3 atom stereocenters. The number of carbonyl (C=O) groups excluding carboxylic acids is 1. The first kappa shape index (κ1) is 26.7. The van der Waals surface area contributed by atoms with Crippen molar-refractivity contribution in [3.8, 4) is 17.0 Å². The second kappa shape index (κ2) is 10.1. The molecule has 3 fully saturated rings. The third kappa shape index (κ3) is 5.04. The van der Waals surface area contributed by atoms with E-state index in [1.807, 2.05) is 69.1 Å². The molecule has 3 aromatic heterocycles. The molecule has 1 N–H and O–H groups in total. The summed E-state index contributed by atoms with van der Waals surface area (Å²) in [6.45, 7) is 9.04. The normalized spacial score (nSPS) is 19.4. The van der Waals surface area contributed by atoms with Crippen LogP contribution in [-0.2, 0) is 4.74 Å². The Morgan fingerprint density at radius 1 is 1.07 bits per heavy atom. The Kier molecular flexibility index (Phi) is 6.74. The van der Waals surface area contributed by atoms with Gasteiger partial charge in [0.2, 0.25) is 0 Å². The molecule has 6 heterocycles. The number of amides is 1. The van der Waals surface area contributed by atoms with Crippen molar-refractivity contribution in [2.24, 2.45) is 0 Å². The summed E-state index contributed by atoms with van der Waals surface area (Å²) < 4.78 is 11.8. The summed E-state index contributed by atoms with van der Waals surface area (Å²) in [5.41, 5.74) is 2.75. The number of anilines is 1. The number of hydrogen-bond donors (Lipinski definition) is 1. The Balaban J connectivity index is 1.17. The van der Waals surface area contributed by atoms with Gasteiger partial charge in [-0.25, -0.2) is 9.78 Å². The minimum absolute atomic E-state index is 0.142. The molecule has 1 amide bonds. The average Bonchev–Trinajstić information content (AvgIpc) is 3.31. The highest BCUT2D eigenvalue weighted by Gasteiger charge is 2.49. The summed E-state index contributed by atoms with van der Waals surface area (Å²) in [6, 6.07) is 10.1. The zero-order valence-corrected chi connectivity index (χ0v) is 24.2. The van der Waals surface area contributed by atoms with Crippen molar-refractivity contribution >= 4 is 46.0 Å². The molecular weight excluding hydrogens is 551 g/mol. The fourth-order valence-electron chi connectivity index (χ4n) is 5.48. The number of carbonyl (C=O) groups is 1. The van der Waals surface area contributed by atoms with Crippen LogP contribution < -0.4 is 9.64 Å². The number of aromatic amines is 1. The average molecular weight is 582 g/mol. The number of rotatable bonds is 5. The van der Waals surface area contributed by atoms with Gasteiger partial charge in [-0.2, -0.15) is 5.10 Å². The number of pyridine rings is 2. The third-order valence-electron chi connectivity index (χ3n) is 7.29. The summed E-state index contributed by atoms with van der Waals surface area (Å²) >= 11 is 12.6. The fraction of sp³-hybridized carbons (Fsp3) is 0.379. The number of nitrogens with one attached hydrogen (secondary N) is 1. The van der Waals surface area contributed by atoms with E-state index in [1.54, 1.807) is 12.4 Å². The first-order valence-electron chi connectivity index (χ1n) is 13.2. The van der Waals surface area contributed by atoms with Gasteiger partial charge in [0.1, 0.15) is 29.0 Å². The van der Waals surface area contributed by atoms with Crippen molar-refractivity contribution in [1.82, 2.24) is 25.1 Å². The lowest BCUT2D eigenvalue weighted by Gasteiger charge is -2.56. The molecule has 2 unspecified atom stereocenters. The van der Waals surface area contributed by atoms with Crippen molar-refractivity contribution < 1.29 is 14.3 Å². The predicted molar refractivity (Wildman–Crippen MR) is 155 cm³/mol. The largest absolute Gasteiger partial charge is 0.486 e. The second-order valence-corrected chi connectivity index (χ2v) is 12.1. The van der Waals surface area contributed by atoms with Crippen LogP contribution in [0.15, 0.2) is 48.9 Å². The van der Waals surface area contributed by atoms with Crippen LogP contribution >= 0.6 is 23.2 Å². The van der Waals surface area contributed by atoms with Gasteiger partial charge in [-0.15, -0.1) is 0 Å². The second-order valence-electron chi connectivity index (χ2n) is 11.3. The summed E-state index contributed by atoms with van der Waals surface area (Å²) in [7, 11) is 0. The van der Waals surface area contributed by atoms with Crippen LogP contribution in [0.1, 0.15) is 45.8 Å². The number of aromatic nitrogens is 4. The predicted octanol–water partition coefficient (Wildman–Crippen LogP) is 6.66. The molecule has 3 saturated heterocycles. The van der Waals surface area contributed by atoms with Crippen LogP contribution in [0.5, 0.6) is 5.75 Å². The Labute approximate surface area is 242 Å². The van der Waals surface area contributed by atoms with E-state index in [-0.39, 0.29) is 24.3 Å². The van der Waals surface area contributed by atoms with Crippen LogP contribution in [0, 0.1) is 0 Å². The van der Waals surface area contributed by atoms with Gasteiger partial charge >= 0.3 is 6.09 Å². The van der Waals surface area contributed by atoms with Gasteiger partial charge in [-0.3, -0.25) is 15.0 Å². The quantitative estimate of drug-likeness (QED) is 0.281. The van der Waals surface area contributed by atoms with Crippen molar-refractivity contribution in [2.45, 2.75) is 57.9 Å². The van der Waals surface area contributed by atoms with E-state index in [2.05, 4.69) is 20.1 Å². The Hall–Kier alpha value is -3.56. The van der Waals surface area contributed by atoms with Crippen molar-refractivity contribution in [2.75, 3.05) is 18.0 Å². The van der Waals surface area contributed by atoms with Crippen molar-refractivity contribution in [1.29, 1.82) is 0 Å². The zero-order chi connectivity index (χ0) is 28.2. The van der Waals surface area contributed by atoms with Crippen LogP contribution in [0.3, 0.4) is 0 Å². The van der Waals surface area contributed by atoms with Crippen molar-refractivity contribution in [3.63, 3.8) is 0 Å². The molecule has 0 spiro atoms. The van der Waals surface area contributed by atoms with E-state index in [9.17, 15) is 4.79 Å². The molecule has 3 aliphatic heterocycles. The SMILES string of the molecule is C[C@@H](Oc1ccc2[nH]nc(-c3ccc(N4CC5CC(C4)N5C(=O)OC(C)(C)C)nc3)c2c1)c1c(Cl)cncc1Cl. The number of halogens is 2. The number of piperidine rings is 1. The highest BCUT2D eigenvalue weighted by Crippen LogP contribution is 2.37. The van der Waals surface area contributed by atoms with Gasteiger partial charge in [-0.05, 0) is 64.4 Å². The molecule has 0 aliphatic carbocycles. The first-order valence-corrected chi connectivity index (χ1v) is 14.0. The summed E-state index contributed by atoms with van der Waals surface area (Å²) in [5, 5.41) is 9.48. The minimum atomic E-state index is -0.499. The third-order valence-corrected chi connectivity index (χ3v) is 7.89. The van der Waals surface area contributed by atoms with E-state index in [1.165, 1.54) is 0 Å². The van der Waals surface area contributed by atoms with E-state index >= 15 is 0 Å². The van der Waals surface area contributed by atoms with Crippen LogP contribution in [0.4, 0.5) is 10.6 Å². The molecule has 2 bridgehead atoms. The number of nitrogens with zero attached hydrogens (tertiary/aromatic N) is 5.